The number of sulfone groups is 1. The van der Waals surface area contributed by atoms with Crippen molar-refractivity contribution in [2.24, 2.45) is 0 Å². The van der Waals surface area contributed by atoms with E-state index >= 15 is 0 Å². The molecular weight excluding hydrogens is 438 g/mol. The molecule has 2 N–H and O–H groups in total. The van der Waals surface area contributed by atoms with Gasteiger partial charge in [-0.25, -0.2) is 13.4 Å². The van der Waals surface area contributed by atoms with E-state index < -0.39 is 9.84 Å². The van der Waals surface area contributed by atoms with Crippen LogP contribution < -0.4 is 10.6 Å². The fourth-order valence-corrected chi connectivity index (χ4v) is 6.19. The number of anilines is 1. The van der Waals surface area contributed by atoms with E-state index in [9.17, 15) is 8.42 Å². The molecular formula is C25H29N3O2S2. The molecule has 3 aromatic rings. The molecule has 0 spiro atoms. The van der Waals surface area contributed by atoms with Crippen molar-refractivity contribution in [2.75, 3.05) is 11.6 Å². The topological polar surface area (TPSA) is 71.1 Å². The Bertz CT molecular complexity index is 1180. The second kappa shape index (κ2) is 9.88. The van der Waals surface area contributed by atoms with E-state index in [2.05, 4.69) is 22.2 Å². The van der Waals surface area contributed by atoms with Crippen LogP contribution in [0.5, 0.6) is 0 Å². The Hall–Kier alpha value is -2.64. The van der Waals surface area contributed by atoms with Crippen molar-refractivity contribution in [2.45, 2.75) is 49.5 Å². The van der Waals surface area contributed by atoms with Gasteiger partial charge in [-0.05, 0) is 30.5 Å². The highest BCUT2D eigenvalue weighted by Gasteiger charge is 2.22. The number of rotatable bonds is 8. The van der Waals surface area contributed by atoms with Crippen LogP contribution in [0.15, 0.2) is 72.0 Å². The van der Waals surface area contributed by atoms with Crippen LogP contribution in [0.1, 0.15) is 48.6 Å². The van der Waals surface area contributed by atoms with Gasteiger partial charge in [-0.15, -0.1) is 11.3 Å². The molecule has 4 rings (SSSR count). The summed E-state index contributed by atoms with van der Waals surface area (Å²) < 4.78 is 25.2. The van der Waals surface area contributed by atoms with E-state index in [1.165, 1.54) is 38.4 Å². The van der Waals surface area contributed by atoms with Crippen LogP contribution in [0.25, 0.3) is 10.4 Å². The minimum Gasteiger partial charge on any atom is -0.368 e. The van der Waals surface area contributed by atoms with Gasteiger partial charge in [0.15, 0.2) is 9.84 Å². The normalized spacial score (nSPS) is 14.8. The fourth-order valence-electron chi connectivity index (χ4n) is 4.08. The van der Waals surface area contributed by atoms with Crippen molar-refractivity contribution < 1.29 is 8.42 Å². The zero-order chi connectivity index (χ0) is 22.6. The van der Waals surface area contributed by atoms with Gasteiger partial charge in [0.05, 0.1) is 20.6 Å². The smallest absolute Gasteiger partial charge is 0.176 e. The largest absolute Gasteiger partial charge is 0.368 e. The van der Waals surface area contributed by atoms with E-state index in [1.54, 1.807) is 17.4 Å². The number of aromatic nitrogens is 1. The molecule has 0 unspecified atom stereocenters. The number of nitrogens with one attached hydrogen (secondary N) is 2. The highest BCUT2D eigenvalue weighted by atomic mass is 32.2. The quantitative estimate of drug-likeness (QED) is 0.429. The lowest BCUT2D eigenvalue weighted by atomic mass is 9.90. The Morgan fingerprint density at radius 3 is 2.59 bits per heavy atom. The molecule has 0 aliphatic heterocycles. The Balaban J connectivity index is 1.52. The van der Waals surface area contributed by atoms with Crippen LogP contribution in [0, 0.1) is 0 Å². The van der Waals surface area contributed by atoms with Gasteiger partial charge in [0, 0.05) is 36.2 Å². The molecule has 0 amide bonds. The van der Waals surface area contributed by atoms with Crippen molar-refractivity contribution in [1.82, 2.24) is 10.3 Å². The molecule has 1 saturated carbocycles. The number of benzene rings is 2. The van der Waals surface area contributed by atoms with Gasteiger partial charge in [0.2, 0.25) is 0 Å². The second-order valence-corrected chi connectivity index (χ2v) is 11.4. The standard InChI is InChI=1S/C25H29N3O2S2/c1-18(26-16-19-9-5-3-6-10-19)28-21-13-14-22(24(15-21)32(2,29)30)23-17-27-25(31-23)20-11-7-4-8-12-20/h3,5-6,9-10,13-15,17,20,26,28H,1,4,7-8,11-12,16H2,2H3. The SMILES string of the molecule is C=C(NCc1ccccc1)Nc1ccc(-c2cnc(C3CCCCC3)s2)c(S(C)(=O)=O)c1. The van der Waals surface area contributed by atoms with Crippen LogP contribution in [-0.2, 0) is 16.4 Å². The van der Waals surface area contributed by atoms with Crippen molar-refractivity contribution in [1.29, 1.82) is 0 Å². The summed E-state index contributed by atoms with van der Waals surface area (Å²) in [6.07, 6.45) is 9.22. The molecule has 1 aliphatic rings. The average molecular weight is 468 g/mol. The first kappa shape index (κ1) is 22.6. The minimum absolute atomic E-state index is 0.303. The van der Waals surface area contributed by atoms with Gasteiger partial charge < -0.3 is 10.6 Å². The lowest BCUT2D eigenvalue weighted by molar-refractivity contribution is 0.442. The summed E-state index contributed by atoms with van der Waals surface area (Å²) in [5, 5.41) is 7.53. The Kier molecular flexibility index (Phi) is 6.96. The molecule has 1 aromatic heterocycles. The van der Waals surface area contributed by atoms with Crippen LogP contribution >= 0.6 is 11.3 Å². The van der Waals surface area contributed by atoms with Crippen LogP contribution in [0.4, 0.5) is 5.69 Å². The van der Waals surface area contributed by atoms with Crippen LogP contribution in [-0.4, -0.2) is 19.7 Å². The minimum atomic E-state index is -3.42. The first-order chi connectivity index (χ1) is 15.4. The van der Waals surface area contributed by atoms with Gasteiger partial charge in [-0.1, -0.05) is 62.2 Å². The molecule has 0 saturated heterocycles. The molecule has 1 aliphatic carbocycles. The van der Waals surface area contributed by atoms with E-state index in [-0.39, 0.29) is 0 Å². The molecule has 1 heterocycles. The van der Waals surface area contributed by atoms with Gasteiger partial charge in [-0.2, -0.15) is 0 Å². The highest BCUT2D eigenvalue weighted by molar-refractivity contribution is 7.90. The second-order valence-electron chi connectivity index (χ2n) is 8.32. The summed E-state index contributed by atoms with van der Waals surface area (Å²) >= 11 is 1.62. The maximum atomic E-state index is 12.6. The number of thiazole rings is 1. The maximum Gasteiger partial charge on any atom is 0.176 e. The first-order valence-corrected chi connectivity index (χ1v) is 13.6. The highest BCUT2D eigenvalue weighted by Crippen LogP contribution is 2.39. The summed E-state index contributed by atoms with van der Waals surface area (Å²) in [7, 11) is -3.42. The van der Waals surface area contributed by atoms with Crippen molar-refractivity contribution in [3.8, 4) is 10.4 Å². The Morgan fingerprint density at radius 1 is 1.12 bits per heavy atom. The molecule has 0 bridgehead atoms. The van der Waals surface area contributed by atoms with Crippen LogP contribution in [0.3, 0.4) is 0 Å². The van der Waals surface area contributed by atoms with Gasteiger partial charge in [0.25, 0.3) is 0 Å². The number of nitrogens with zero attached hydrogens (tertiary/aromatic N) is 1. The lowest BCUT2D eigenvalue weighted by Gasteiger charge is -2.18. The monoisotopic (exact) mass is 467 g/mol. The van der Waals surface area contributed by atoms with Crippen molar-refractivity contribution >= 4 is 26.9 Å². The fraction of sp³-hybridized carbons (Fsp3) is 0.320. The van der Waals surface area contributed by atoms with E-state index in [0.717, 1.165) is 15.4 Å². The van der Waals surface area contributed by atoms with Gasteiger partial charge >= 0.3 is 0 Å². The van der Waals surface area contributed by atoms with Gasteiger partial charge in [0.1, 0.15) is 0 Å². The van der Waals surface area contributed by atoms with Crippen molar-refractivity contribution in [3.63, 3.8) is 0 Å². The lowest BCUT2D eigenvalue weighted by Crippen LogP contribution is -2.18. The molecule has 168 valence electrons. The third kappa shape index (κ3) is 5.58. The third-order valence-corrected chi connectivity index (χ3v) is 8.10. The predicted octanol–water partition coefficient (Wildman–Crippen LogP) is 5.93. The maximum absolute atomic E-state index is 12.6. The summed E-state index contributed by atoms with van der Waals surface area (Å²) in [4.78, 5) is 5.85. The summed E-state index contributed by atoms with van der Waals surface area (Å²) in [6.45, 7) is 4.65. The molecule has 0 atom stereocenters. The summed E-state index contributed by atoms with van der Waals surface area (Å²) in [5.74, 6) is 1.11. The number of hydrogen-bond acceptors (Lipinski definition) is 6. The van der Waals surface area contributed by atoms with E-state index in [4.69, 9.17) is 0 Å². The number of hydrogen-bond donors (Lipinski definition) is 2. The first-order valence-electron chi connectivity index (χ1n) is 10.9. The molecule has 1 fully saturated rings. The Labute approximate surface area is 194 Å². The van der Waals surface area contributed by atoms with Gasteiger partial charge in [-0.3, -0.25) is 0 Å². The summed E-state index contributed by atoms with van der Waals surface area (Å²) in [6, 6.07) is 15.5. The van der Waals surface area contributed by atoms with Crippen molar-refractivity contribution in [3.05, 3.63) is 77.7 Å². The summed E-state index contributed by atoms with van der Waals surface area (Å²) in [5.41, 5.74) is 2.53. The molecule has 5 nitrogen and oxygen atoms in total. The predicted molar refractivity (Wildman–Crippen MR) is 133 cm³/mol. The van der Waals surface area contributed by atoms with E-state index in [1.807, 2.05) is 48.7 Å². The zero-order valence-corrected chi connectivity index (χ0v) is 19.9. The molecule has 32 heavy (non-hydrogen) atoms. The molecule has 0 radical (unpaired) electrons. The van der Waals surface area contributed by atoms with E-state index in [0.29, 0.717) is 34.4 Å². The molecule has 7 heteroatoms. The average Bonchev–Trinajstić information content (AvgIpc) is 3.29. The Morgan fingerprint density at radius 2 is 1.88 bits per heavy atom. The zero-order valence-electron chi connectivity index (χ0n) is 18.3. The molecule has 2 aromatic carbocycles. The van der Waals surface area contributed by atoms with Crippen LogP contribution in [0.2, 0.25) is 0 Å². The third-order valence-electron chi connectivity index (χ3n) is 5.77.